The molecule has 0 saturated heterocycles. The molecular formula is C10H14N2O5. The third-order valence-electron chi connectivity index (χ3n) is 2.32. The molecule has 17 heavy (non-hydrogen) atoms. The number of aliphatic carboxylic acids is 1. The van der Waals surface area contributed by atoms with Crippen molar-refractivity contribution >= 4 is 11.9 Å². The van der Waals surface area contributed by atoms with E-state index >= 15 is 0 Å². The molecule has 0 aliphatic rings. The van der Waals surface area contributed by atoms with Crippen LogP contribution in [0.3, 0.4) is 0 Å². The van der Waals surface area contributed by atoms with E-state index in [1.54, 1.807) is 0 Å². The van der Waals surface area contributed by atoms with Crippen LogP contribution < -0.4 is 0 Å². The second kappa shape index (κ2) is 5.44. The van der Waals surface area contributed by atoms with Gasteiger partial charge in [0.05, 0.1) is 0 Å². The van der Waals surface area contributed by atoms with Gasteiger partial charge in [-0.15, -0.1) is 0 Å². The van der Waals surface area contributed by atoms with Gasteiger partial charge in [0.25, 0.3) is 5.91 Å². The summed E-state index contributed by atoms with van der Waals surface area (Å²) in [4.78, 5) is 23.6. The predicted octanol–water partition coefficient (Wildman–Crippen LogP) is 0.366. The van der Waals surface area contributed by atoms with Crippen molar-refractivity contribution in [2.45, 2.75) is 19.6 Å². The number of carboxylic acid groups (broad SMARTS) is 1. The smallest absolute Gasteiger partial charge is 0.326 e. The Labute approximate surface area is 97.9 Å². The van der Waals surface area contributed by atoms with E-state index in [2.05, 4.69) is 5.16 Å². The number of carbonyl (C=O) groups excluding carboxylic acids is 1. The molecule has 1 aromatic heterocycles. The van der Waals surface area contributed by atoms with Crippen molar-refractivity contribution in [2.75, 3.05) is 14.2 Å². The lowest BCUT2D eigenvalue weighted by molar-refractivity contribution is -0.141. The van der Waals surface area contributed by atoms with E-state index in [0.717, 1.165) is 4.90 Å². The number of methoxy groups -OCH3 is 1. The minimum atomic E-state index is -1.08. The largest absolute Gasteiger partial charge is 0.480 e. The summed E-state index contributed by atoms with van der Waals surface area (Å²) in [7, 11) is 2.88. The third kappa shape index (κ3) is 3.04. The van der Waals surface area contributed by atoms with Crippen LogP contribution in [0.4, 0.5) is 0 Å². The van der Waals surface area contributed by atoms with Crippen molar-refractivity contribution in [2.24, 2.45) is 0 Å². The molecule has 0 spiro atoms. The second-order valence-corrected chi connectivity index (χ2v) is 3.54. The number of carbonyl (C=O) groups is 2. The Morgan fingerprint density at radius 2 is 2.29 bits per heavy atom. The first-order chi connectivity index (χ1) is 7.97. The summed E-state index contributed by atoms with van der Waals surface area (Å²) in [6.07, 6.45) is 0. The zero-order valence-electron chi connectivity index (χ0n) is 9.84. The number of hydrogen-bond acceptors (Lipinski definition) is 5. The van der Waals surface area contributed by atoms with Crippen molar-refractivity contribution < 1.29 is 24.0 Å². The number of aromatic nitrogens is 1. The van der Waals surface area contributed by atoms with E-state index < -0.39 is 17.9 Å². The van der Waals surface area contributed by atoms with Gasteiger partial charge in [0.1, 0.15) is 12.6 Å². The van der Waals surface area contributed by atoms with Crippen LogP contribution in [0.5, 0.6) is 0 Å². The van der Waals surface area contributed by atoms with Crippen LogP contribution in [-0.2, 0) is 16.1 Å². The van der Waals surface area contributed by atoms with Crippen molar-refractivity contribution in [1.29, 1.82) is 0 Å². The molecule has 94 valence electrons. The third-order valence-corrected chi connectivity index (χ3v) is 2.32. The highest BCUT2D eigenvalue weighted by Crippen LogP contribution is 2.09. The topological polar surface area (TPSA) is 92.9 Å². The van der Waals surface area contributed by atoms with Gasteiger partial charge in [0, 0.05) is 20.2 Å². The molecule has 0 aliphatic heterocycles. The molecule has 7 heteroatoms. The molecule has 0 aromatic carbocycles. The molecule has 1 atom stereocenters. The van der Waals surface area contributed by atoms with Crippen LogP contribution in [0, 0.1) is 0 Å². The first-order valence-electron chi connectivity index (χ1n) is 4.92. The van der Waals surface area contributed by atoms with Crippen molar-refractivity contribution in [3.63, 3.8) is 0 Å². The van der Waals surface area contributed by atoms with Crippen LogP contribution in [0.1, 0.15) is 23.2 Å². The molecule has 0 fully saturated rings. The Hall–Kier alpha value is -1.89. The summed E-state index contributed by atoms with van der Waals surface area (Å²) >= 11 is 0. The van der Waals surface area contributed by atoms with Gasteiger partial charge >= 0.3 is 5.97 Å². The Morgan fingerprint density at radius 3 is 2.82 bits per heavy atom. The molecule has 1 unspecified atom stereocenters. The van der Waals surface area contributed by atoms with E-state index in [1.807, 2.05) is 0 Å². The number of rotatable bonds is 5. The van der Waals surface area contributed by atoms with Gasteiger partial charge in [-0.1, -0.05) is 5.16 Å². The molecule has 0 radical (unpaired) electrons. The maximum absolute atomic E-state index is 11.8. The normalized spacial score (nSPS) is 12.2. The second-order valence-electron chi connectivity index (χ2n) is 3.54. The van der Waals surface area contributed by atoms with Gasteiger partial charge in [-0.3, -0.25) is 4.79 Å². The number of likely N-dealkylation sites (N-methyl/N-ethyl adjacent to an activating group) is 1. The molecule has 0 saturated carbocycles. The molecule has 1 heterocycles. The summed E-state index contributed by atoms with van der Waals surface area (Å²) in [6, 6.07) is 0.502. The standard InChI is InChI=1S/C10H14N2O5/c1-6(10(14)15)12(2)9(13)8-4-7(5-16-3)17-11-8/h4,6H,5H2,1-3H3,(H,14,15). The fourth-order valence-electron chi connectivity index (χ4n) is 1.15. The number of carboxylic acids is 1. The highest BCUT2D eigenvalue weighted by atomic mass is 16.5. The lowest BCUT2D eigenvalue weighted by Gasteiger charge is -2.19. The van der Waals surface area contributed by atoms with Crippen molar-refractivity contribution in [3.05, 3.63) is 17.5 Å². The minimum Gasteiger partial charge on any atom is -0.480 e. The van der Waals surface area contributed by atoms with E-state index in [1.165, 1.54) is 27.1 Å². The van der Waals surface area contributed by atoms with Gasteiger partial charge in [-0.05, 0) is 6.92 Å². The SMILES string of the molecule is COCc1cc(C(=O)N(C)C(C)C(=O)O)no1. The molecular weight excluding hydrogens is 228 g/mol. The van der Waals surface area contributed by atoms with Crippen LogP contribution in [0.2, 0.25) is 0 Å². The number of amides is 1. The number of nitrogens with zero attached hydrogens (tertiary/aromatic N) is 2. The molecule has 7 nitrogen and oxygen atoms in total. The van der Waals surface area contributed by atoms with Crippen LogP contribution in [-0.4, -0.2) is 47.2 Å². The lowest BCUT2D eigenvalue weighted by atomic mass is 10.2. The summed E-state index contributed by atoms with van der Waals surface area (Å²) in [5.41, 5.74) is 0.0626. The van der Waals surface area contributed by atoms with Gasteiger partial charge in [0.2, 0.25) is 0 Å². The van der Waals surface area contributed by atoms with E-state index in [9.17, 15) is 9.59 Å². The van der Waals surface area contributed by atoms with Gasteiger partial charge < -0.3 is 19.3 Å². The molecule has 1 N–H and O–H groups in total. The summed E-state index contributed by atoms with van der Waals surface area (Å²) in [5.74, 6) is -1.18. The summed E-state index contributed by atoms with van der Waals surface area (Å²) < 4.78 is 9.66. The van der Waals surface area contributed by atoms with E-state index in [-0.39, 0.29) is 12.3 Å². The fraction of sp³-hybridized carbons (Fsp3) is 0.500. The molecule has 0 aliphatic carbocycles. The zero-order chi connectivity index (χ0) is 13.0. The molecule has 1 rings (SSSR count). The number of hydrogen-bond donors (Lipinski definition) is 1. The van der Waals surface area contributed by atoms with Gasteiger partial charge in [0.15, 0.2) is 11.5 Å². The van der Waals surface area contributed by atoms with Crippen molar-refractivity contribution in [1.82, 2.24) is 10.1 Å². The van der Waals surface area contributed by atoms with Gasteiger partial charge in [-0.25, -0.2) is 4.79 Å². The average Bonchev–Trinajstić information content (AvgIpc) is 2.75. The molecule has 1 aromatic rings. The lowest BCUT2D eigenvalue weighted by Crippen LogP contribution is -2.40. The predicted molar refractivity (Wildman–Crippen MR) is 56.4 cm³/mol. The molecule has 1 amide bonds. The first kappa shape index (κ1) is 13.2. The summed E-state index contributed by atoms with van der Waals surface area (Å²) in [6.45, 7) is 1.62. The summed E-state index contributed by atoms with van der Waals surface area (Å²) in [5, 5.41) is 12.3. The van der Waals surface area contributed by atoms with Gasteiger partial charge in [-0.2, -0.15) is 0 Å². The Morgan fingerprint density at radius 1 is 1.65 bits per heavy atom. The quantitative estimate of drug-likeness (QED) is 0.801. The van der Waals surface area contributed by atoms with E-state index in [4.69, 9.17) is 14.4 Å². The number of ether oxygens (including phenoxy) is 1. The Balaban J connectivity index is 2.77. The average molecular weight is 242 g/mol. The van der Waals surface area contributed by atoms with Crippen LogP contribution in [0.15, 0.2) is 10.6 Å². The monoisotopic (exact) mass is 242 g/mol. The van der Waals surface area contributed by atoms with E-state index in [0.29, 0.717) is 5.76 Å². The Bertz CT molecular complexity index is 415. The highest BCUT2D eigenvalue weighted by molar-refractivity contribution is 5.94. The van der Waals surface area contributed by atoms with Crippen LogP contribution >= 0.6 is 0 Å². The highest BCUT2D eigenvalue weighted by Gasteiger charge is 2.25. The first-order valence-corrected chi connectivity index (χ1v) is 4.92. The zero-order valence-corrected chi connectivity index (χ0v) is 9.84. The Kier molecular flexibility index (Phi) is 4.22. The fourth-order valence-corrected chi connectivity index (χ4v) is 1.15. The maximum atomic E-state index is 11.8. The van der Waals surface area contributed by atoms with Crippen molar-refractivity contribution in [3.8, 4) is 0 Å². The maximum Gasteiger partial charge on any atom is 0.326 e. The minimum absolute atomic E-state index is 0.0626. The van der Waals surface area contributed by atoms with Crippen LogP contribution in [0.25, 0.3) is 0 Å². The molecule has 0 bridgehead atoms.